The van der Waals surface area contributed by atoms with Gasteiger partial charge in [0.25, 0.3) is 0 Å². The lowest BCUT2D eigenvalue weighted by atomic mass is 10.7. The van der Waals surface area contributed by atoms with Gasteiger partial charge in [0.1, 0.15) is 6.61 Å². The largest absolute Gasteiger partial charge is 0.394 e. The quantitative estimate of drug-likeness (QED) is 0.410. The van der Waals surface area contributed by atoms with E-state index in [2.05, 4.69) is 4.85 Å². The Kier molecular flexibility index (Phi) is 5.94. The van der Waals surface area contributed by atoms with Gasteiger partial charge in [0.2, 0.25) is 6.54 Å². The van der Waals surface area contributed by atoms with Gasteiger partial charge in [-0.05, 0) is 0 Å². The molecule has 0 amide bonds. The molecule has 0 rings (SSSR count). The molecular weight excluding hydrogens is 106 g/mol. The van der Waals surface area contributed by atoms with Gasteiger partial charge in [-0.15, -0.1) is 0 Å². The zero-order chi connectivity index (χ0) is 6.24. The molecule has 0 aliphatic carbocycles. The summed E-state index contributed by atoms with van der Waals surface area (Å²) in [5.41, 5.74) is 0. The second-order valence-electron chi connectivity index (χ2n) is 1.22. The predicted octanol–water partition coefficient (Wildman–Crippen LogP) is -0.0854. The highest BCUT2D eigenvalue weighted by atomic mass is 16.5. The molecule has 8 heavy (non-hydrogen) atoms. The number of hydrogen-bond acceptors (Lipinski definition) is 2. The standard InChI is InChI=1S/C5H9NO2/c1-6-2-4-8-5-3-7/h7H,2-5H2. The molecule has 46 valence electrons. The van der Waals surface area contributed by atoms with Crippen LogP contribution >= 0.6 is 0 Å². The zero-order valence-electron chi connectivity index (χ0n) is 4.63. The van der Waals surface area contributed by atoms with Crippen LogP contribution in [-0.2, 0) is 4.74 Å². The first kappa shape index (κ1) is 7.41. The Morgan fingerprint density at radius 2 is 2.25 bits per heavy atom. The van der Waals surface area contributed by atoms with E-state index < -0.39 is 0 Å². The van der Waals surface area contributed by atoms with Crippen molar-refractivity contribution in [2.75, 3.05) is 26.4 Å². The molecule has 0 aromatic carbocycles. The normalized spacial score (nSPS) is 8.50. The Bertz CT molecular complexity index is 77.0. The molecule has 3 heteroatoms. The minimum Gasteiger partial charge on any atom is -0.394 e. The molecule has 0 bridgehead atoms. The summed E-state index contributed by atoms with van der Waals surface area (Å²) in [5.74, 6) is 0. The van der Waals surface area contributed by atoms with Crippen molar-refractivity contribution in [2.45, 2.75) is 0 Å². The van der Waals surface area contributed by atoms with Gasteiger partial charge in [-0.2, -0.15) is 0 Å². The lowest BCUT2D eigenvalue weighted by Crippen LogP contribution is -2.01. The van der Waals surface area contributed by atoms with Gasteiger partial charge in [0.05, 0.1) is 13.2 Å². The molecule has 0 aliphatic rings. The summed E-state index contributed by atoms with van der Waals surface area (Å²) < 4.78 is 4.76. The van der Waals surface area contributed by atoms with Crippen LogP contribution in [0.25, 0.3) is 4.85 Å². The van der Waals surface area contributed by atoms with Crippen molar-refractivity contribution < 1.29 is 9.84 Å². The molecule has 0 aromatic rings. The van der Waals surface area contributed by atoms with Gasteiger partial charge in [-0.25, -0.2) is 6.57 Å². The van der Waals surface area contributed by atoms with E-state index in [0.29, 0.717) is 19.8 Å². The molecule has 0 atom stereocenters. The Balaban J connectivity index is 2.65. The molecule has 0 fully saturated rings. The van der Waals surface area contributed by atoms with Crippen molar-refractivity contribution in [3.63, 3.8) is 0 Å². The molecule has 0 aliphatic heterocycles. The first-order valence-corrected chi connectivity index (χ1v) is 2.43. The van der Waals surface area contributed by atoms with E-state index in [1.165, 1.54) is 0 Å². The maximum Gasteiger partial charge on any atom is 0.237 e. The van der Waals surface area contributed by atoms with Gasteiger partial charge in [-0.3, -0.25) is 0 Å². The Labute approximate surface area is 48.7 Å². The van der Waals surface area contributed by atoms with Crippen molar-refractivity contribution in [1.82, 2.24) is 0 Å². The van der Waals surface area contributed by atoms with Gasteiger partial charge in [-0.1, -0.05) is 0 Å². The molecule has 0 heterocycles. The van der Waals surface area contributed by atoms with E-state index in [-0.39, 0.29) is 6.61 Å². The number of nitrogens with zero attached hydrogens (tertiary/aromatic N) is 1. The second kappa shape index (κ2) is 6.41. The van der Waals surface area contributed by atoms with E-state index in [1.54, 1.807) is 0 Å². The van der Waals surface area contributed by atoms with Crippen molar-refractivity contribution >= 4 is 0 Å². The van der Waals surface area contributed by atoms with Crippen LogP contribution in [-0.4, -0.2) is 31.5 Å². The van der Waals surface area contributed by atoms with Crippen LogP contribution in [0, 0.1) is 6.57 Å². The molecule has 3 nitrogen and oxygen atoms in total. The van der Waals surface area contributed by atoms with Crippen molar-refractivity contribution in [3.05, 3.63) is 11.4 Å². The summed E-state index contributed by atoms with van der Waals surface area (Å²) in [6.07, 6.45) is 0. The Morgan fingerprint density at radius 3 is 2.75 bits per heavy atom. The monoisotopic (exact) mass is 115 g/mol. The van der Waals surface area contributed by atoms with Crippen LogP contribution in [0.15, 0.2) is 0 Å². The summed E-state index contributed by atoms with van der Waals surface area (Å²) in [6, 6.07) is 0. The van der Waals surface area contributed by atoms with Crippen LogP contribution < -0.4 is 0 Å². The van der Waals surface area contributed by atoms with E-state index >= 15 is 0 Å². The Morgan fingerprint density at radius 1 is 1.50 bits per heavy atom. The highest BCUT2D eigenvalue weighted by Crippen LogP contribution is 1.73. The number of rotatable bonds is 4. The fourth-order valence-electron chi connectivity index (χ4n) is 0.277. The predicted molar refractivity (Wildman–Crippen MR) is 29.4 cm³/mol. The third-order valence-corrected chi connectivity index (χ3v) is 0.583. The van der Waals surface area contributed by atoms with Crippen LogP contribution in [0.1, 0.15) is 0 Å². The van der Waals surface area contributed by atoms with Gasteiger partial charge in [0.15, 0.2) is 0 Å². The summed E-state index contributed by atoms with van der Waals surface area (Å²) >= 11 is 0. The van der Waals surface area contributed by atoms with Gasteiger partial charge in [0, 0.05) is 0 Å². The molecule has 0 radical (unpaired) electrons. The molecule has 0 spiro atoms. The lowest BCUT2D eigenvalue weighted by Gasteiger charge is -1.92. The third-order valence-electron chi connectivity index (χ3n) is 0.583. The fraction of sp³-hybridized carbons (Fsp3) is 0.800. The SMILES string of the molecule is [C-]#[N+]CCOCCO. The highest BCUT2D eigenvalue weighted by molar-refractivity contribution is 4.55. The average molecular weight is 115 g/mol. The van der Waals surface area contributed by atoms with Crippen LogP contribution in [0.3, 0.4) is 0 Å². The summed E-state index contributed by atoms with van der Waals surface area (Å²) in [6.45, 7) is 7.53. The number of aliphatic hydroxyl groups is 1. The number of aliphatic hydroxyl groups excluding tert-OH is 1. The lowest BCUT2D eigenvalue weighted by molar-refractivity contribution is 0.100. The second-order valence-corrected chi connectivity index (χ2v) is 1.22. The van der Waals surface area contributed by atoms with Crippen molar-refractivity contribution in [2.24, 2.45) is 0 Å². The summed E-state index contributed by atoms with van der Waals surface area (Å²) in [5, 5.41) is 8.16. The molecule has 0 saturated heterocycles. The maximum absolute atomic E-state index is 8.16. The molecule has 0 aromatic heterocycles. The fourth-order valence-corrected chi connectivity index (χ4v) is 0.277. The smallest absolute Gasteiger partial charge is 0.237 e. The van der Waals surface area contributed by atoms with Crippen molar-refractivity contribution in [1.29, 1.82) is 0 Å². The summed E-state index contributed by atoms with van der Waals surface area (Å²) in [4.78, 5) is 3.05. The van der Waals surface area contributed by atoms with E-state index in [0.717, 1.165) is 0 Å². The van der Waals surface area contributed by atoms with E-state index in [1.807, 2.05) is 0 Å². The van der Waals surface area contributed by atoms with Gasteiger partial charge < -0.3 is 14.7 Å². The molecule has 0 saturated carbocycles. The first-order valence-electron chi connectivity index (χ1n) is 2.43. The minimum atomic E-state index is 0.0397. The van der Waals surface area contributed by atoms with E-state index in [9.17, 15) is 0 Å². The third kappa shape index (κ3) is 5.41. The minimum absolute atomic E-state index is 0.0397. The Hall–Kier alpha value is -0.590. The summed E-state index contributed by atoms with van der Waals surface area (Å²) in [7, 11) is 0. The first-order chi connectivity index (χ1) is 3.91. The van der Waals surface area contributed by atoms with E-state index in [4.69, 9.17) is 16.4 Å². The van der Waals surface area contributed by atoms with Gasteiger partial charge >= 0.3 is 0 Å². The maximum atomic E-state index is 8.16. The average Bonchev–Trinajstić information content (AvgIpc) is 1.81. The zero-order valence-corrected chi connectivity index (χ0v) is 4.63. The molecule has 1 N–H and O–H groups in total. The number of ether oxygens (including phenoxy) is 1. The topological polar surface area (TPSA) is 33.8 Å². The number of hydrogen-bond donors (Lipinski definition) is 1. The van der Waals surface area contributed by atoms with Crippen LogP contribution in [0.4, 0.5) is 0 Å². The van der Waals surface area contributed by atoms with Crippen LogP contribution in [0.5, 0.6) is 0 Å². The molecular formula is C5H9NO2. The van der Waals surface area contributed by atoms with Crippen LogP contribution in [0.2, 0.25) is 0 Å². The van der Waals surface area contributed by atoms with Crippen molar-refractivity contribution in [3.8, 4) is 0 Å². The molecule has 0 unspecified atom stereocenters. The highest BCUT2D eigenvalue weighted by Gasteiger charge is 1.84.